The molecule has 0 aliphatic heterocycles. The Labute approximate surface area is 218 Å². The largest absolute Gasteiger partial charge is 0.489 e. The van der Waals surface area contributed by atoms with Crippen LogP contribution < -0.4 is 10.1 Å². The first kappa shape index (κ1) is 28.3. The lowest BCUT2D eigenvalue weighted by Crippen LogP contribution is -2.46. The molecule has 37 heavy (non-hydrogen) atoms. The van der Waals surface area contributed by atoms with Crippen molar-refractivity contribution in [2.75, 3.05) is 13.2 Å². The van der Waals surface area contributed by atoms with E-state index >= 15 is 0 Å². The van der Waals surface area contributed by atoms with Gasteiger partial charge >= 0.3 is 5.97 Å². The fourth-order valence-corrected chi connectivity index (χ4v) is 3.97. The number of carboxylic acid groups (broad SMARTS) is 1. The molecule has 198 valence electrons. The first-order valence-electron chi connectivity index (χ1n) is 12.4. The van der Waals surface area contributed by atoms with Crippen LogP contribution in [0.25, 0.3) is 0 Å². The summed E-state index contributed by atoms with van der Waals surface area (Å²) < 4.78 is 25.8. The second kappa shape index (κ2) is 12.8. The third-order valence-corrected chi connectivity index (χ3v) is 6.19. The summed E-state index contributed by atoms with van der Waals surface area (Å²) in [6.45, 7) is 8.43. The summed E-state index contributed by atoms with van der Waals surface area (Å²) in [6, 6.07) is 19.4. The Hall–Kier alpha value is -3.26. The van der Waals surface area contributed by atoms with E-state index < -0.39 is 12.1 Å². The van der Waals surface area contributed by atoms with Gasteiger partial charge in [0.25, 0.3) is 0 Å². The first-order valence-corrected chi connectivity index (χ1v) is 12.4. The van der Waals surface area contributed by atoms with Crippen LogP contribution >= 0.6 is 0 Å². The van der Waals surface area contributed by atoms with E-state index in [0.717, 1.165) is 16.7 Å². The van der Waals surface area contributed by atoms with Gasteiger partial charge in [0.1, 0.15) is 18.2 Å². The van der Waals surface area contributed by atoms with Gasteiger partial charge in [0, 0.05) is 17.6 Å². The molecule has 1 unspecified atom stereocenters. The lowest BCUT2D eigenvalue weighted by Gasteiger charge is -2.28. The van der Waals surface area contributed by atoms with Gasteiger partial charge in [0.2, 0.25) is 0 Å². The summed E-state index contributed by atoms with van der Waals surface area (Å²) in [6.07, 6.45) is -0.418. The van der Waals surface area contributed by atoms with Gasteiger partial charge in [0.15, 0.2) is 0 Å². The Morgan fingerprint density at radius 3 is 2.41 bits per heavy atom. The van der Waals surface area contributed by atoms with Gasteiger partial charge in [-0.1, -0.05) is 42.5 Å². The SMILES string of the molecule is Cc1ccc(CC(C)(C)NC[C@@H](O)COC(C)c2ccccc2OCc2ccc(C(=O)O)cc2)cc1F. The van der Waals surface area contributed by atoms with Gasteiger partial charge in [-0.2, -0.15) is 0 Å². The number of carbonyl (C=O) groups is 1. The minimum Gasteiger partial charge on any atom is -0.489 e. The minimum atomic E-state index is -0.966. The number of rotatable bonds is 13. The fraction of sp³-hybridized carbons (Fsp3) is 0.367. The minimum absolute atomic E-state index is 0.133. The number of aliphatic hydroxyl groups is 1. The van der Waals surface area contributed by atoms with Gasteiger partial charge in [-0.3, -0.25) is 0 Å². The van der Waals surface area contributed by atoms with Gasteiger partial charge in [0.05, 0.1) is 24.4 Å². The van der Waals surface area contributed by atoms with Crippen molar-refractivity contribution in [2.24, 2.45) is 0 Å². The number of benzene rings is 3. The average molecular weight is 510 g/mol. The molecule has 0 saturated carbocycles. The lowest BCUT2D eigenvalue weighted by atomic mass is 9.94. The Bertz CT molecular complexity index is 1180. The van der Waals surface area contributed by atoms with Gasteiger partial charge in [-0.15, -0.1) is 0 Å². The maximum Gasteiger partial charge on any atom is 0.335 e. The molecule has 0 aromatic heterocycles. The summed E-state index contributed by atoms with van der Waals surface area (Å²) >= 11 is 0. The molecule has 0 heterocycles. The number of hydrogen-bond donors (Lipinski definition) is 3. The molecular weight excluding hydrogens is 473 g/mol. The molecule has 3 N–H and O–H groups in total. The maximum atomic E-state index is 13.9. The second-order valence-electron chi connectivity index (χ2n) is 9.98. The van der Waals surface area contributed by atoms with Crippen molar-refractivity contribution >= 4 is 5.97 Å². The predicted octanol–water partition coefficient (Wildman–Crippen LogP) is 5.46. The number of ether oxygens (including phenoxy) is 2. The van der Waals surface area contributed by atoms with Crippen molar-refractivity contribution < 1.29 is 28.9 Å². The number of hydrogen-bond acceptors (Lipinski definition) is 5. The number of nitrogens with one attached hydrogen (secondary N) is 1. The van der Waals surface area contributed by atoms with Crippen LogP contribution in [-0.2, 0) is 17.8 Å². The summed E-state index contributed by atoms with van der Waals surface area (Å²) in [4.78, 5) is 11.0. The quantitative estimate of drug-likeness (QED) is 0.284. The van der Waals surface area contributed by atoms with E-state index in [-0.39, 0.29) is 36.2 Å². The monoisotopic (exact) mass is 509 g/mol. The number of aromatic carboxylic acids is 1. The highest BCUT2D eigenvalue weighted by molar-refractivity contribution is 5.87. The Morgan fingerprint density at radius 2 is 1.73 bits per heavy atom. The van der Waals surface area contributed by atoms with Crippen LogP contribution in [0.5, 0.6) is 5.75 Å². The zero-order chi connectivity index (χ0) is 27.0. The van der Waals surface area contributed by atoms with E-state index in [9.17, 15) is 14.3 Å². The molecule has 6 nitrogen and oxygen atoms in total. The molecule has 0 amide bonds. The molecule has 0 saturated heterocycles. The van der Waals surface area contributed by atoms with E-state index in [1.165, 1.54) is 0 Å². The lowest BCUT2D eigenvalue weighted by molar-refractivity contribution is -0.00520. The van der Waals surface area contributed by atoms with Crippen molar-refractivity contribution in [3.63, 3.8) is 0 Å². The molecule has 3 aromatic carbocycles. The topological polar surface area (TPSA) is 88.0 Å². The molecule has 0 aliphatic rings. The van der Waals surface area contributed by atoms with Crippen LogP contribution in [0.1, 0.15) is 59.5 Å². The molecule has 0 aliphatic carbocycles. The number of aliphatic hydroxyl groups excluding tert-OH is 1. The van der Waals surface area contributed by atoms with Crippen molar-refractivity contribution in [3.8, 4) is 5.75 Å². The van der Waals surface area contributed by atoms with Gasteiger partial charge in [-0.25, -0.2) is 9.18 Å². The fourth-order valence-electron chi connectivity index (χ4n) is 3.97. The molecule has 3 rings (SSSR count). The van der Waals surface area contributed by atoms with Crippen molar-refractivity contribution in [3.05, 3.63) is 100 Å². The molecule has 7 heteroatoms. The third kappa shape index (κ3) is 8.67. The van der Waals surface area contributed by atoms with E-state index in [2.05, 4.69) is 5.32 Å². The van der Waals surface area contributed by atoms with E-state index in [1.54, 1.807) is 43.3 Å². The summed E-state index contributed by atoms with van der Waals surface area (Å²) in [7, 11) is 0. The molecule has 0 fully saturated rings. The standard InChI is InChI=1S/C30H36FNO5/c1-20-9-10-23(15-27(20)31)16-30(3,4)32-17-25(33)19-36-21(2)26-7-5-6-8-28(26)37-18-22-11-13-24(14-12-22)29(34)35/h5-15,21,25,32-33H,16-19H2,1-4H3,(H,34,35)/t21?,25-/m1/s1. The smallest absolute Gasteiger partial charge is 0.335 e. The van der Waals surface area contributed by atoms with Crippen LogP contribution in [0.15, 0.2) is 66.7 Å². The second-order valence-corrected chi connectivity index (χ2v) is 9.98. The van der Waals surface area contributed by atoms with Crippen LogP contribution in [0, 0.1) is 12.7 Å². The molecular formula is C30H36FNO5. The summed E-state index contributed by atoms with van der Waals surface area (Å²) in [5.41, 5.74) is 3.12. The highest BCUT2D eigenvalue weighted by Crippen LogP contribution is 2.28. The molecule has 0 spiro atoms. The molecule has 3 aromatic rings. The number of halogens is 1. The predicted molar refractivity (Wildman–Crippen MR) is 141 cm³/mol. The van der Waals surface area contributed by atoms with Crippen LogP contribution in [0.3, 0.4) is 0 Å². The first-order chi connectivity index (χ1) is 17.5. The Balaban J connectivity index is 1.49. The molecule has 0 radical (unpaired) electrons. The summed E-state index contributed by atoms with van der Waals surface area (Å²) in [5.74, 6) is -0.515. The highest BCUT2D eigenvalue weighted by atomic mass is 19.1. The van der Waals surface area contributed by atoms with Crippen LogP contribution in [0.2, 0.25) is 0 Å². The Morgan fingerprint density at radius 1 is 1.05 bits per heavy atom. The normalized spacial score (nSPS) is 13.2. The van der Waals surface area contributed by atoms with E-state index in [4.69, 9.17) is 14.6 Å². The van der Waals surface area contributed by atoms with E-state index in [0.29, 0.717) is 24.3 Å². The number of para-hydroxylation sites is 1. The van der Waals surface area contributed by atoms with Crippen molar-refractivity contribution in [2.45, 2.75) is 58.5 Å². The average Bonchev–Trinajstić information content (AvgIpc) is 2.87. The number of carboxylic acids is 1. The number of β-amino-alcohol motifs (C(OH)–C–C–N with tert-alkyl or cyclic N) is 1. The molecule has 0 bridgehead atoms. The molecule has 2 atom stereocenters. The maximum absolute atomic E-state index is 13.9. The van der Waals surface area contributed by atoms with Crippen LogP contribution in [-0.4, -0.2) is 41.0 Å². The third-order valence-electron chi connectivity index (χ3n) is 6.19. The van der Waals surface area contributed by atoms with Crippen molar-refractivity contribution in [1.82, 2.24) is 5.32 Å². The number of aryl methyl sites for hydroxylation is 1. The van der Waals surface area contributed by atoms with Crippen molar-refractivity contribution in [1.29, 1.82) is 0 Å². The zero-order valence-electron chi connectivity index (χ0n) is 21.8. The van der Waals surface area contributed by atoms with Gasteiger partial charge in [-0.05, 0) is 75.1 Å². The zero-order valence-corrected chi connectivity index (χ0v) is 21.8. The Kier molecular flexibility index (Phi) is 9.80. The summed E-state index contributed by atoms with van der Waals surface area (Å²) in [5, 5.41) is 22.9. The van der Waals surface area contributed by atoms with Gasteiger partial charge < -0.3 is 25.0 Å². The van der Waals surface area contributed by atoms with Crippen LogP contribution in [0.4, 0.5) is 4.39 Å². The van der Waals surface area contributed by atoms with E-state index in [1.807, 2.05) is 51.1 Å². The highest BCUT2D eigenvalue weighted by Gasteiger charge is 2.21.